The first-order chi connectivity index (χ1) is 12.6. The maximum atomic E-state index is 12.6. The number of likely N-dealkylation sites (tertiary alicyclic amines) is 1. The molecule has 0 aliphatic carbocycles. The van der Waals surface area contributed by atoms with Crippen LogP contribution in [0.3, 0.4) is 0 Å². The second-order valence-electron chi connectivity index (χ2n) is 6.50. The molecule has 0 saturated carbocycles. The highest BCUT2D eigenvalue weighted by Crippen LogP contribution is 2.26. The molecule has 1 aromatic carbocycles. The van der Waals surface area contributed by atoms with E-state index in [0.717, 1.165) is 12.8 Å². The summed E-state index contributed by atoms with van der Waals surface area (Å²) in [6.45, 7) is 1.76. The molecule has 3 aromatic rings. The molecule has 1 amide bonds. The number of rotatable bonds is 4. The molecule has 0 unspecified atom stereocenters. The Morgan fingerprint density at radius 3 is 3.08 bits per heavy atom. The maximum Gasteiger partial charge on any atom is 0.420 e. The number of benzene rings is 1. The number of aromatic nitrogens is 3. The Hall–Kier alpha value is -2.54. The Morgan fingerprint density at radius 2 is 2.27 bits per heavy atom. The van der Waals surface area contributed by atoms with Gasteiger partial charge in [-0.2, -0.15) is 5.10 Å². The molecule has 0 bridgehead atoms. The van der Waals surface area contributed by atoms with Crippen molar-refractivity contribution in [3.8, 4) is 0 Å². The van der Waals surface area contributed by atoms with Gasteiger partial charge in [-0.3, -0.25) is 14.0 Å². The quantitative estimate of drug-likeness (QED) is 0.703. The van der Waals surface area contributed by atoms with Gasteiger partial charge in [0.1, 0.15) is 0 Å². The van der Waals surface area contributed by atoms with Gasteiger partial charge in [-0.05, 0) is 37.1 Å². The van der Waals surface area contributed by atoms with E-state index in [9.17, 15) is 9.59 Å². The van der Waals surface area contributed by atoms with Gasteiger partial charge in [0.05, 0.1) is 11.6 Å². The summed E-state index contributed by atoms with van der Waals surface area (Å²) in [7, 11) is 0. The molecule has 1 saturated heterocycles. The van der Waals surface area contributed by atoms with E-state index >= 15 is 0 Å². The van der Waals surface area contributed by atoms with Crippen molar-refractivity contribution in [2.75, 3.05) is 13.1 Å². The van der Waals surface area contributed by atoms with Crippen LogP contribution in [0, 0.1) is 0 Å². The molecule has 136 valence electrons. The summed E-state index contributed by atoms with van der Waals surface area (Å²) in [4.78, 5) is 26.7. The van der Waals surface area contributed by atoms with E-state index in [-0.39, 0.29) is 11.9 Å². The van der Waals surface area contributed by atoms with Gasteiger partial charge in [0.15, 0.2) is 5.58 Å². The van der Waals surface area contributed by atoms with Gasteiger partial charge in [0.25, 0.3) is 0 Å². The number of amides is 1. The molecular formula is C18H19ClN4O3. The lowest BCUT2D eigenvalue weighted by Gasteiger charge is -2.33. The van der Waals surface area contributed by atoms with Crippen molar-refractivity contribution < 1.29 is 9.21 Å². The zero-order valence-electron chi connectivity index (χ0n) is 14.2. The average molecular weight is 375 g/mol. The minimum absolute atomic E-state index is 0.0732. The van der Waals surface area contributed by atoms with Crippen LogP contribution in [0.5, 0.6) is 0 Å². The number of hydrogen-bond donors (Lipinski definition) is 0. The van der Waals surface area contributed by atoms with Crippen molar-refractivity contribution in [2.45, 2.75) is 31.8 Å². The highest BCUT2D eigenvalue weighted by Gasteiger charge is 2.27. The second-order valence-corrected chi connectivity index (χ2v) is 6.94. The summed E-state index contributed by atoms with van der Waals surface area (Å²) in [6, 6.07) is 6.86. The molecule has 1 atom stereocenters. The largest absolute Gasteiger partial charge is 0.420 e. The third kappa shape index (κ3) is 3.26. The van der Waals surface area contributed by atoms with Crippen molar-refractivity contribution >= 4 is 28.6 Å². The first-order valence-corrected chi connectivity index (χ1v) is 9.05. The second kappa shape index (κ2) is 6.99. The van der Waals surface area contributed by atoms with Gasteiger partial charge in [-0.15, -0.1) is 0 Å². The van der Waals surface area contributed by atoms with Crippen LogP contribution in [0.25, 0.3) is 11.1 Å². The van der Waals surface area contributed by atoms with Crippen LogP contribution >= 0.6 is 11.6 Å². The van der Waals surface area contributed by atoms with E-state index < -0.39 is 5.76 Å². The van der Waals surface area contributed by atoms with E-state index in [2.05, 4.69) is 5.10 Å². The standard InChI is InChI=1S/C18H19ClN4O3/c19-13-4-5-16-15(11-13)23(18(25)26-16)14-3-1-8-21(12-14)17(24)6-10-22-9-2-7-20-22/h2,4-5,7,9,11,14H,1,3,6,8,10,12H2/t14-/m1/s1. The van der Waals surface area contributed by atoms with E-state index in [4.69, 9.17) is 16.0 Å². The zero-order chi connectivity index (χ0) is 18.1. The lowest BCUT2D eigenvalue weighted by molar-refractivity contribution is -0.133. The summed E-state index contributed by atoms with van der Waals surface area (Å²) in [6.07, 6.45) is 5.60. The van der Waals surface area contributed by atoms with Gasteiger partial charge >= 0.3 is 5.76 Å². The van der Waals surface area contributed by atoms with E-state index in [1.54, 1.807) is 33.6 Å². The number of halogens is 1. The summed E-state index contributed by atoms with van der Waals surface area (Å²) in [5, 5.41) is 4.67. The molecule has 7 nitrogen and oxygen atoms in total. The van der Waals surface area contributed by atoms with Gasteiger partial charge in [-0.25, -0.2) is 4.79 Å². The van der Waals surface area contributed by atoms with Gasteiger partial charge in [-0.1, -0.05) is 11.6 Å². The molecule has 0 spiro atoms. The van der Waals surface area contributed by atoms with Crippen molar-refractivity contribution in [3.63, 3.8) is 0 Å². The third-order valence-corrected chi connectivity index (χ3v) is 5.04. The number of carbonyl (C=O) groups is 1. The molecule has 0 N–H and O–H groups in total. The molecule has 8 heteroatoms. The summed E-state index contributed by atoms with van der Waals surface area (Å²) >= 11 is 6.08. The Bertz CT molecular complexity index is 976. The van der Waals surface area contributed by atoms with Crippen molar-refractivity contribution in [3.05, 3.63) is 52.2 Å². The van der Waals surface area contributed by atoms with Crippen LogP contribution in [-0.2, 0) is 11.3 Å². The lowest BCUT2D eigenvalue weighted by atomic mass is 10.0. The fourth-order valence-electron chi connectivity index (χ4n) is 3.55. The maximum absolute atomic E-state index is 12.6. The predicted molar refractivity (Wildman–Crippen MR) is 97.2 cm³/mol. The fourth-order valence-corrected chi connectivity index (χ4v) is 3.71. The molecular weight excluding hydrogens is 356 g/mol. The lowest BCUT2D eigenvalue weighted by Crippen LogP contribution is -2.42. The van der Waals surface area contributed by atoms with E-state index in [1.165, 1.54) is 0 Å². The number of piperidine rings is 1. The average Bonchev–Trinajstić information content (AvgIpc) is 3.26. The summed E-state index contributed by atoms with van der Waals surface area (Å²) in [5.74, 6) is -0.331. The first kappa shape index (κ1) is 16.9. The fraction of sp³-hybridized carbons (Fsp3) is 0.389. The number of carbonyl (C=O) groups excluding carboxylic acids is 1. The van der Waals surface area contributed by atoms with Crippen LogP contribution in [0.15, 0.2) is 45.9 Å². The molecule has 1 fully saturated rings. The Labute approximate surface area is 154 Å². The van der Waals surface area contributed by atoms with Gasteiger partial charge < -0.3 is 9.32 Å². The SMILES string of the molecule is O=C(CCn1cccn1)N1CCC[C@@H](n2c(=O)oc3ccc(Cl)cc32)C1. The number of fused-ring (bicyclic) bond motifs is 1. The number of aryl methyl sites for hydroxylation is 1. The van der Waals surface area contributed by atoms with Crippen LogP contribution in [-0.4, -0.2) is 38.2 Å². The van der Waals surface area contributed by atoms with E-state index in [1.807, 2.05) is 17.2 Å². The van der Waals surface area contributed by atoms with E-state index in [0.29, 0.717) is 42.2 Å². The van der Waals surface area contributed by atoms with Crippen molar-refractivity contribution in [1.82, 2.24) is 19.2 Å². The van der Waals surface area contributed by atoms with Crippen molar-refractivity contribution in [1.29, 1.82) is 0 Å². The third-order valence-electron chi connectivity index (χ3n) is 4.80. The van der Waals surface area contributed by atoms with Gasteiger partial charge in [0, 0.05) is 43.5 Å². The zero-order valence-corrected chi connectivity index (χ0v) is 14.9. The Balaban J connectivity index is 1.52. The molecule has 2 aromatic heterocycles. The van der Waals surface area contributed by atoms with Crippen LogP contribution in [0.4, 0.5) is 0 Å². The first-order valence-electron chi connectivity index (χ1n) is 8.67. The molecule has 4 rings (SSSR count). The van der Waals surface area contributed by atoms with Gasteiger partial charge in [0.2, 0.25) is 5.91 Å². The number of oxazole rings is 1. The summed E-state index contributed by atoms with van der Waals surface area (Å²) < 4.78 is 8.71. The Kier molecular flexibility index (Phi) is 4.55. The normalized spacial score (nSPS) is 17.7. The number of hydrogen-bond acceptors (Lipinski definition) is 4. The summed E-state index contributed by atoms with van der Waals surface area (Å²) in [5.41, 5.74) is 1.19. The van der Waals surface area contributed by atoms with Crippen LogP contribution in [0.1, 0.15) is 25.3 Å². The molecule has 3 heterocycles. The number of nitrogens with zero attached hydrogens (tertiary/aromatic N) is 4. The smallest absolute Gasteiger partial charge is 0.408 e. The highest BCUT2D eigenvalue weighted by atomic mass is 35.5. The molecule has 0 radical (unpaired) electrons. The topological polar surface area (TPSA) is 73.3 Å². The van der Waals surface area contributed by atoms with Crippen LogP contribution < -0.4 is 5.76 Å². The van der Waals surface area contributed by atoms with Crippen LogP contribution in [0.2, 0.25) is 5.02 Å². The van der Waals surface area contributed by atoms with Crippen molar-refractivity contribution in [2.24, 2.45) is 0 Å². The highest BCUT2D eigenvalue weighted by molar-refractivity contribution is 6.31. The molecule has 1 aliphatic rings. The predicted octanol–water partition coefficient (Wildman–Crippen LogP) is 2.70. The minimum Gasteiger partial charge on any atom is -0.408 e. The monoisotopic (exact) mass is 374 g/mol. The Morgan fingerprint density at radius 1 is 1.38 bits per heavy atom. The molecule has 1 aliphatic heterocycles. The molecule has 26 heavy (non-hydrogen) atoms. The minimum atomic E-state index is -0.405.